The average molecular weight is 688 g/mol. The molecule has 1 saturated carbocycles. The van der Waals surface area contributed by atoms with Gasteiger partial charge in [-0.2, -0.15) is 0 Å². The van der Waals surface area contributed by atoms with Crippen molar-refractivity contribution in [2.45, 2.75) is 128 Å². The molecule has 3 aliphatic heterocycles. The van der Waals surface area contributed by atoms with Gasteiger partial charge in [-0.15, -0.1) is 0 Å². The van der Waals surface area contributed by atoms with E-state index in [4.69, 9.17) is 9.47 Å². The van der Waals surface area contributed by atoms with E-state index >= 15 is 0 Å². The summed E-state index contributed by atoms with van der Waals surface area (Å²) in [6.07, 6.45) is 15.9. The van der Waals surface area contributed by atoms with E-state index in [2.05, 4.69) is 4.90 Å². The Bertz CT molecular complexity index is 1190. The van der Waals surface area contributed by atoms with Crippen molar-refractivity contribution in [3.63, 3.8) is 0 Å². The highest BCUT2D eigenvalue weighted by molar-refractivity contribution is 5.70. The lowest BCUT2D eigenvalue weighted by molar-refractivity contribution is -0.151. The first kappa shape index (κ1) is 38.9. The summed E-state index contributed by atoms with van der Waals surface area (Å²) in [4.78, 5) is 43.4. The van der Waals surface area contributed by atoms with Crippen molar-refractivity contribution in [2.24, 2.45) is 17.8 Å². The summed E-state index contributed by atoms with van der Waals surface area (Å²) >= 11 is 0. The number of piperazine rings is 1. The van der Waals surface area contributed by atoms with Gasteiger partial charge >= 0.3 is 18.2 Å². The third kappa shape index (κ3) is 11.3. The van der Waals surface area contributed by atoms with Crippen LogP contribution in [0.5, 0.6) is 0 Å². The average Bonchev–Trinajstić information content (AvgIpc) is 3.47. The van der Waals surface area contributed by atoms with Gasteiger partial charge < -0.3 is 34.6 Å². The molecule has 0 bridgehead atoms. The molecule has 4 aliphatic rings. The number of allylic oxidation sites excluding steroid dienone is 2. The molecule has 11 heteroatoms. The maximum atomic E-state index is 13.0. The number of hydrogen-bond acceptors (Lipinski definition) is 8. The maximum Gasteiger partial charge on any atom is 0.409 e. The molecule has 1 unspecified atom stereocenters. The Morgan fingerprint density at radius 3 is 2.43 bits per heavy atom. The Kier molecular flexibility index (Phi) is 14.6. The van der Waals surface area contributed by atoms with Gasteiger partial charge in [0.05, 0.1) is 30.8 Å². The fourth-order valence-electron chi connectivity index (χ4n) is 7.94. The van der Waals surface area contributed by atoms with Crippen LogP contribution < -0.4 is 0 Å². The summed E-state index contributed by atoms with van der Waals surface area (Å²) < 4.78 is 11.4. The van der Waals surface area contributed by atoms with Crippen LogP contribution in [0, 0.1) is 17.8 Å². The van der Waals surface area contributed by atoms with Crippen molar-refractivity contribution < 1.29 is 39.2 Å². The fraction of sp³-hybridized carbons (Fsp3) is 0.763. The molecule has 3 fully saturated rings. The van der Waals surface area contributed by atoms with Crippen molar-refractivity contribution in [3.8, 4) is 0 Å². The highest BCUT2D eigenvalue weighted by Gasteiger charge is 2.44. The van der Waals surface area contributed by atoms with Gasteiger partial charge in [0.15, 0.2) is 0 Å². The molecular weight excluding hydrogens is 626 g/mol. The number of carboxylic acid groups (broad SMARTS) is 1. The predicted molar refractivity (Wildman–Crippen MR) is 188 cm³/mol. The third-order valence-corrected chi connectivity index (χ3v) is 11.0. The third-order valence-electron chi connectivity index (χ3n) is 11.0. The van der Waals surface area contributed by atoms with Gasteiger partial charge in [-0.05, 0) is 57.9 Å². The zero-order valence-electron chi connectivity index (χ0n) is 30.2. The van der Waals surface area contributed by atoms with Gasteiger partial charge in [0.2, 0.25) is 0 Å². The molecule has 0 spiro atoms. The minimum Gasteiger partial charge on any atom is -0.465 e. The molecule has 1 aliphatic carbocycles. The molecule has 49 heavy (non-hydrogen) atoms. The van der Waals surface area contributed by atoms with E-state index in [9.17, 15) is 29.7 Å². The molecule has 3 heterocycles. The standard InChI is InChI=1S/C38H61N3O8/c1-27(26-48-37(46)39-20-9-10-21-39)12-11-13-28(2)35-29(3)16-17-32(38(4,47)19-18-31(42)24-34(43)49-35)33-25-40(22-23-41(33)36(44)45)30-14-7-5-6-8-15-30/h11-13,16-17,27,29-33,35,42,47H,5-10,14-15,18-26H2,1-4H3,(H,44,45)/b12-11+,17-16+,28-13+/t27-,29+,31+,32+,33?,35-,38+/m1/s1. The number of esters is 1. The van der Waals surface area contributed by atoms with E-state index < -0.39 is 41.8 Å². The number of carbonyl (C=O) groups is 3. The van der Waals surface area contributed by atoms with Crippen LogP contribution in [0.25, 0.3) is 0 Å². The van der Waals surface area contributed by atoms with E-state index in [1.165, 1.54) is 30.6 Å². The Balaban J connectivity index is 1.54. The van der Waals surface area contributed by atoms with Crippen molar-refractivity contribution in [2.75, 3.05) is 39.3 Å². The molecule has 276 valence electrons. The lowest BCUT2D eigenvalue weighted by Crippen LogP contribution is -2.62. The second kappa shape index (κ2) is 18.4. The SMILES string of the molecule is C/C(=C\C=C\[C@@H](C)COC(=O)N1CCCC1)[C@H]1OC(=O)C[C@@H](O)CC[C@](C)(O)[C@H](C2CN(C3CCCCCC3)CCN2C(=O)O)/C=C/[C@@H]1C. The zero-order chi connectivity index (χ0) is 35.6. The number of likely N-dealkylation sites (tertiary alicyclic amines) is 1. The molecule has 0 aromatic rings. The highest BCUT2D eigenvalue weighted by atomic mass is 16.6. The maximum absolute atomic E-state index is 13.0. The Morgan fingerprint density at radius 1 is 1.06 bits per heavy atom. The van der Waals surface area contributed by atoms with Crippen LogP contribution >= 0.6 is 0 Å². The topological polar surface area (TPSA) is 140 Å². The predicted octanol–water partition coefficient (Wildman–Crippen LogP) is 5.76. The lowest BCUT2D eigenvalue weighted by atomic mass is 9.77. The van der Waals surface area contributed by atoms with Crippen LogP contribution in [-0.4, -0.2) is 117 Å². The Morgan fingerprint density at radius 2 is 1.76 bits per heavy atom. The number of aliphatic hydroxyl groups is 2. The molecule has 0 aromatic heterocycles. The molecule has 11 nitrogen and oxygen atoms in total. The van der Waals surface area contributed by atoms with Gasteiger partial charge in [0.25, 0.3) is 0 Å². The Labute approximate surface area is 293 Å². The summed E-state index contributed by atoms with van der Waals surface area (Å²) in [5.41, 5.74) is -0.537. The van der Waals surface area contributed by atoms with E-state index in [0.29, 0.717) is 25.7 Å². The fourth-order valence-corrected chi connectivity index (χ4v) is 7.94. The summed E-state index contributed by atoms with van der Waals surface area (Å²) in [5.74, 6) is -1.38. The van der Waals surface area contributed by atoms with E-state index in [1.807, 2.05) is 51.2 Å². The van der Waals surface area contributed by atoms with E-state index in [0.717, 1.165) is 44.3 Å². The highest BCUT2D eigenvalue weighted by Crippen LogP contribution is 2.35. The van der Waals surface area contributed by atoms with Crippen molar-refractivity contribution in [1.29, 1.82) is 0 Å². The van der Waals surface area contributed by atoms with Crippen molar-refractivity contribution in [3.05, 3.63) is 36.0 Å². The summed E-state index contributed by atoms with van der Waals surface area (Å²) in [7, 11) is 0. The number of rotatable bonds is 7. The van der Waals surface area contributed by atoms with Crippen LogP contribution in [0.4, 0.5) is 9.59 Å². The first-order valence-electron chi connectivity index (χ1n) is 18.6. The van der Waals surface area contributed by atoms with Gasteiger partial charge in [-0.25, -0.2) is 9.59 Å². The number of aliphatic hydroxyl groups excluding tert-OH is 1. The monoisotopic (exact) mass is 687 g/mol. The molecular formula is C38H61N3O8. The Hall–Kier alpha value is -2.89. The number of hydrogen-bond donors (Lipinski definition) is 3. The van der Waals surface area contributed by atoms with Crippen LogP contribution in [-0.2, 0) is 14.3 Å². The first-order valence-corrected chi connectivity index (χ1v) is 18.6. The first-order chi connectivity index (χ1) is 23.4. The number of carbonyl (C=O) groups excluding carboxylic acids is 2. The number of ether oxygens (including phenoxy) is 2. The molecule has 4 rings (SSSR count). The molecule has 0 aromatic carbocycles. The van der Waals surface area contributed by atoms with Gasteiger partial charge in [-0.1, -0.05) is 69.9 Å². The minimum atomic E-state index is -1.33. The number of nitrogens with zero attached hydrogens (tertiary/aromatic N) is 3. The van der Waals surface area contributed by atoms with E-state index in [1.54, 1.807) is 11.8 Å². The van der Waals surface area contributed by atoms with Gasteiger partial charge in [-0.3, -0.25) is 9.69 Å². The lowest BCUT2D eigenvalue weighted by Gasteiger charge is -2.48. The largest absolute Gasteiger partial charge is 0.465 e. The quantitative estimate of drug-likeness (QED) is 0.132. The van der Waals surface area contributed by atoms with Crippen molar-refractivity contribution >= 4 is 18.2 Å². The van der Waals surface area contributed by atoms with Crippen LogP contribution in [0.2, 0.25) is 0 Å². The molecule has 0 radical (unpaired) electrons. The van der Waals surface area contributed by atoms with Gasteiger partial charge in [0, 0.05) is 56.5 Å². The normalized spacial score (nSPS) is 33.3. The molecule has 2 saturated heterocycles. The molecule has 3 N–H and O–H groups in total. The smallest absolute Gasteiger partial charge is 0.409 e. The van der Waals surface area contributed by atoms with Crippen LogP contribution in [0.3, 0.4) is 0 Å². The zero-order valence-corrected chi connectivity index (χ0v) is 30.2. The van der Waals surface area contributed by atoms with Crippen molar-refractivity contribution in [1.82, 2.24) is 14.7 Å². The minimum absolute atomic E-state index is 0.0184. The number of cyclic esters (lactones) is 1. The summed E-state index contributed by atoms with van der Waals surface area (Å²) in [6.45, 7) is 10.9. The van der Waals surface area contributed by atoms with Gasteiger partial charge in [0.1, 0.15) is 6.10 Å². The summed E-state index contributed by atoms with van der Waals surface area (Å²) in [5, 5.41) is 33.1. The number of amides is 2. The van der Waals surface area contributed by atoms with Crippen LogP contribution in [0.1, 0.15) is 98.3 Å². The molecule has 2 amide bonds. The van der Waals surface area contributed by atoms with Crippen LogP contribution in [0.15, 0.2) is 36.0 Å². The second-order valence-electron chi connectivity index (χ2n) is 15.2. The van der Waals surface area contributed by atoms with E-state index in [-0.39, 0.29) is 43.8 Å². The second-order valence-corrected chi connectivity index (χ2v) is 15.2. The molecule has 7 atom stereocenters. The summed E-state index contributed by atoms with van der Waals surface area (Å²) in [6, 6.07) is -0.0685.